The highest BCUT2D eigenvalue weighted by Gasteiger charge is 2.18. The minimum absolute atomic E-state index is 0.150. The van der Waals surface area contributed by atoms with Gasteiger partial charge in [-0.25, -0.2) is 0 Å². The number of likely N-dealkylation sites (N-methyl/N-ethyl adjacent to an activating group) is 1. The molecule has 4 heteroatoms. The molecule has 140 valence electrons. The number of carbonyl (C=O) groups excluding carboxylic acids is 1. The van der Waals surface area contributed by atoms with Crippen molar-refractivity contribution in [2.75, 3.05) is 20.2 Å². The van der Waals surface area contributed by atoms with E-state index in [9.17, 15) is 4.79 Å². The van der Waals surface area contributed by atoms with Gasteiger partial charge in [0, 0.05) is 19.1 Å². The Labute approximate surface area is 157 Å². The third-order valence-electron chi connectivity index (χ3n) is 4.23. The molecular weight excluding hydrogens is 324 g/mol. The second-order valence-electron chi connectivity index (χ2n) is 6.85. The Hall–Kier alpha value is -2.33. The van der Waals surface area contributed by atoms with Crippen LogP contribution < -0.4 is 4.74 Å². The van der Waals surface area contributed by atoms with Crippen molar-refractivity contribution in [1.29, 1.82) is 0 Å². The molecule has 0 radical (unpaired) electrons. The highest BCUT2D eigenvalue weighted by atomic mass is 16.5. The Bertz CT molecular complexity index is 668. The number of hydrogen-bond acceptors (Lipinski definition) is 3. The van der Waals surface area contributed by atoms with Gasteiger partial charge in [-0.05, 0) is 51.1 Å². The molecule has 0 aromatic heterocycles. The van der Waals surface area contributed by atoms with E-state index in [-0.39, 0.29) is 11.9 Å². The molecule has 0 aliphatic heterocycles. The van der Waals surface area contributed by atoms with Gasteiger partial charge in [-0.15, -0.1) is 0 Å². The van der Waals surface area contributed by atoms with E-state index in [2.05, 4.69) is 43.0 Å². The van der Waals surface area contributed by atoms with Crippen molar-refractivity contribution in [1.82, 2.24) is 9.80 Å². The molecule has 0 spiro atoms. The maximum Gasteiger partial charge on any atom is 0.237 e. The molecule has 26 heavy (non-hydrogen) atoms. The van der Waals surface area contributed by atoms with Gasteiger partial charge in [-0.2, -0.15) is 0 Å². The maximum atomic E-state index is 12.8. The lowest BCUT2D eigenvalue weighted by Gasteiger charge is -2.29. The normalized spacial score (nSPS) is 11.0. The van der Waals surface area contributed by atoms with Crippen molar-refractivity contribution in [3.8, 4) is 5.75 Å². The minimum Gasteiger partial charge on any atom is -0.494 e. The summed E-state index contributed by atoms with van der Waals surface area (Å²) in [5.41, 5.74) is 2.33. The molecule has 0 saturated heterocycles. The molecule has 0 aliphatic carbocycles. The largest absolute Gasteiger partial charge is 0.494 e. The van der Waals surface area contributed by atoms with E-state index in [0.29, 0.717) is 19.7 Å². The molecule has 2 aromatic carbocycles. The summed E-state index contributed by atoms with van der Waals surface area (Å²) in [5.74, 6) is 1.03. The molecule has 1 amide bonds. The molecular formula is C22H30N2O2. The van der Waals surface area contributed by atoms with Crippen molar-refractivity contribution in [2.24, 2.45) is 0 Å². The molecule has 0 unspecified atom stereocenters. The van der Waals surface area contributed by atoms with Crippen LogP contribution in [0, 0.1) is 0 Å². The Morgan fingerprint density at radius 3 is 2.15 bits per heavy atom. The SMILES string of the molecule is CCOc1ccc(CN(C)CC(=O)N(Cc2ccccc2)C(C)C)cc1. The number of hydrogen-bond donors (Lipinski definition) is 0. The van der Waals surface area contributed by atoms with Crippen molar-refractivity contribution in [3.05, 3.63) is 65.7 Å². The number of nitrogens with zero attached hydrogens (tertiary/aromatic N) is 2. The number of benzene rings is 2. The van der Waals surface area contributed by atoms with Gasteiger partial charge in [-0.3, -0.25) is 9.69 Å². The number of rotatable bonds is 9. The van der Waals surface area contributed by atoms with Crippen LogP contribution in [0.25, 0.3) is 0 Å². The Morgan fingerprint density at radius 2 is 1.58 bits per heavy atom. The lowest BCUT2D eigenvalue weighted by atomic mass is 10.2. The number of carbonyl (C=O) groups is 1. The zero-order valence-corrected chi connectivity index (χ0v) is 16.3. The molecule has 0 N–H and O–H groups in total. The second-order valence-corrected chi connectivity index (χ2v) is 6.85. The van der Waals surface area contributed by atoms with Crippen LogP contribution in [0.4, 0.5) is 0 Å². The smallest absolute Gasteiger partial charge is 0.237 e. The van der Waals surface area contributed by atoms with Gasteiger partial charge in [0.1, 0.15) is 5.75 Å². The standard InChI is InChI=1S/C22H30N2O2/c1-5-26-21-13-11-20(12-14-21)15-23(4)17-22(25)24(18(2)3)16-19-9-7-6-8-10-19/h6-14,18H,5,15-17H2,1-4H3. The van der Waals surface area contributed by atoms with Gasteiger partial charge in [0.05, 0.1) is 13.2 Å². The first-order valence-electron chi connectivity index (χ1n) is 9.23. The lowest BCUT2D eigenvalue weighted by Crippen LogP contribution is -2.42. The van der Waals surface area contributed by atoms with Crippen molar-refractivity contribution in [3.63, 3.8) is 0 Å². The Balaban J connectivity index is 1.92. The highest BCUT2D eigenvalue weighted by Crippen LogP contribution is 2.14. The van der Waals surface area contributed by atoms with Gasteiger partial charge in [-0.1, -0.05) is 42.5 Å². The summed E-state index contributed by atoms with van der Waals surface area (Å²) in [7, 11) is 1.98. The van der Waals surface area contributed by atoms with Crippen LogP contribution in [-0.4, -0.2) is 41.9 Å². The molecule has 0 bridgehead atoms. The summed E-state index contributed by atoms with van der Waals surface area (Å²) in [5, 5.41) is 0. The molecule has 2 aromatic rings. The van der Waals surface area contributed by atoms with E-state index in [0.717, 1.165) is 17.9 Å². The molecule has 0 aliphatic rings. The first-order chi connectivity index (χ1) is 12.5. The summed E-state index contributed by atoms with van der Waals surface area (Å²) >= 11 is 0. The lowest BCUT2D eigenvalue weighted by molar-refractivity contribution is -0.134. The van der Waals surface area contributed by atoms with Crippen LogP contribution in [0.1, 0.15) is 31.9 Å². The zero-order valence-electron chi connectivity index (χ0n) is 16.3. The average Bonchev–Trinajstić information content (AvgIpc) is 2.62. The first-order valence-corrected chi connectivity index (χ1v) is 9.23. The monoisotopic (exact) mass is 354 g/mol. The van der Waals surface area contributed by atoms with Gasteiger partial charge < -0.3 is 9.64 Å². The van der Waals surface area contributed by atoms with E-state index in [1.165, 1.54) is 5.56 Å². The van der Waals surface area contributed by atoms with E-state index < -0.39 is 0 Å². The summed E-state index contributed by atoms with van der Waals surface area (Å²) in [4.78, 5) is 16.8. The fourth-order valence-electron chi connectivity index (χ4n) is 2.89. The van der Waals surface area contributed by atoms with Crippen molar-refractivity contribution < 1.29 is 9.53 Å². The fourth-order valence-corrected chi connectivity index (χ4v) is 2.89. The van der Waals surface area contributed by atoms with Crippen LogP contribution in [-0.2, 0) is 17.9 Å². The van der Waals surface area contributed by atoms with Crippen LogP contribution in [0.2, 0.25) is 0 Å². The van der Waals surface area contributed by atoms with E-state index in [1.807, 2.05) is 49.2 Å². The first kappa shape index (κ1) is 20.0. The van der Waals surface area contributed by atoms with Gasteiger partial charge in [0.2, 0.25) is 5.91 Å². The molecule has 0 atom stereocenters. The molecule has 0 heterocycles. The highest BCUT2D eigenvalue weighted by molar-refractivity contribution is 5.78. The zero-order chi connectivity index (χ0) is 18.9. The quantitative estimate of drug-likeness (QED) is 0.683. The van der Waals surface area contributed by atoms with Crippen LogP contribution >= 0.6 is 0 Å². The predicted molar refractivity (Wildman–Crippen MR) is 106 cm³/mol. The molecule has 0 fully saturated rings. The van der Waals surface area contributed by atoms with Crippen LogP contribution in [0.15, 0.2) is 54.6 Å². The van der Waals surface area contributed by atoms with E-state index in [1.54, 1.807) is 0 Å². The minimum atomic E-state index is 0.150. The predicted octanol–water partition coefficient (Wildman–Crippen LogP) is 3.95. The third-order valence-corrected chi connectivity index (χ3v) is 4.23. The topological polar surface area (TPSA) is 32.8 Å². The average molecular weight is 354 g/mol. The molecule has 4 nitrogen and oxygen atoms in total. The molecule has 2 rings (SSSR count). The van der Waals surface area contributed by atoms with Gasteiger partial charge in [0.25, 0.3) is 0 Å². The van der Waals surface area contributed by atoms with Gasteiger partial charge in [0.15, 0.2) is 0 Å². The van der Waals surface area contributed by atoms with E-state index >= 15 is 0 Å². The van der Waals surface area contributed by atoms with Crippen molar-refractivity contribution >= 4 is 5.91 Å². The summed E-state index contributed by atoms with van der Waals surface area (Å²) < 4.78 is 5.47. The summed E-state index contributed by atoms with van der Waals surface area (Å²) in [6.07, 6.45) is 0. The van der Waals surface area contributed by atoms with E-state index in [4.69, 9.17) is 4.74 Å². The van der Waals surface area contributed by atoms with Crippen LogP contribution in [0.5, 0.6) is 5.75 Å². The second kappa shape index (κ2) is 9.97. The van der Waals surface area contributed by atoms with Crippen molar-refractivity contribution in [2.45, 2.75) is 39.9 Å². The summed E-state index contributed by atoms with van der Waals surface area (Å²) in [6, 6.07) is 18.4. The van der Waals surface area contributed by atoms with Gasteiger partial charge >= 0.3 is 0 Å². The maximum absolute atomic E-state index is 12.8. The molecule has 0 saturated carbocycles. The third kappa shape index (κ3) is 6.19. The Kier molecular flexibility index (Phi) is 7.67. The summed E-state index contributed by atoms with van der Waals surface area (Å²) in [6.45, 7) is 8.55. The Morgan fingerprint density at radius 1 is 0.962 bits per heavy atom. The number of ether oxygens (including phenoxy) is 1. The number of amides is 1. The fraction of sp³-hybridized carbons (Fsp3) is 0.409. The van der Waals surface area contributed by atoms with Crippen LogP contribution in [0.3, 0.4) is 0 Å².